The number of pyridine rings is 1. The molecule has 3 rings (SSSR count). The number of carbonyl (C=O) groups excluding carboxylic acids is 1. The van der Waals surface area contributed by atoms with Gasteiger partial charge < -0.3 is 24.4 Å². The highest BCUT2D eigenvalue weighted by molar-refractivity contribution is 5.89. The number of urea groups is 1. The first-order valence-corrected chi connectivity index (χ1v) is 10.6. The Kier molecular flexibility index (Phi) is 8.29. The number of carbonyl (C=O) groups is 1. The van der Waals surface area contributed by atoms with E-state index >= 15 is 0 Å². The Hall–Kier alpha value is -3.06. The molecule has 2 aromatic rings. The molecule has 1 aliphatic heterocycles. The van der Waals surface area contributed by atoms with Crippen LogP contribution in [-0.2, 0) is 4.74 Å². The van der Waals surface area contributed by atoms with Crippen LogP contribution >= 0.6 is 0 Å². The van der Waals surface area contributed by atoms with Crippen molar-refractivity contribution in [3.8, 4) is 11.6 Å². The summed E-state index contributed by atoms with van der Waals surface area (Å²) < 4.78 is 16.3. The van der Waals surface area contributed by atoms with Crippen LogP contribution in [0.3, 0.4) is 0 Å². The zero-order valence-electron chi connectivity index (χ0n) is 18.5. The van der Waals surface area contributed by atoms with Crippen molar-refractivity contribution < 1.29 is 19.0 Å². The molecule has 2 heterocycles. The summed E-state index contributed by atoms with van der Waals surface area (Å²) in [6.07, 6.45) is 5.69. The summed E-state index contributed by atoms with van der Waals surface area (Å²) in [7, 11) is 1.56. The average molecular weight is 426 g/mol. The molecule has 0 atom stereocenters. The molecule has 1 aromatic carbocycles. The van der Waals surface area contributed by atoms with Gasteiger partial charge in [0.1, 0.15) is 12.4 Å². The fraction of sp³-hybridized carbons (Fsp3) is 0.417. The van der Waals surface area contributed by atoms with Gasteiger partial charge in [-0.1, -0.05) is 23.8 Å². The summed E-state index contributed by atoms with van der Waals surface area (Å²) in [6.45, 7) is 6.50. The van der Waals surface area contributed by atoms with Gasteiger partial charge in [0.05, 0.1) is 31.7 Å². The molecule has 1 aromatic heterocycles. The molecule has 0 spiro atoms. The largest absolute Gasteiger partial charge is 0.491 e. The number of likely N-dealkylation sites (tertiary alicyclic amines) is 1. The van der Waals surface area contributed by atoms with Crippen LogP contribution in [0.1, 0.15) is 32.3 Å². The molecule has 1 fully saturated rings. The summed E-state index contributed by atoms with van der Waals surface area (Å²) in [5.74, 6) is 1.36. The molecule has 0 saturated carbocycles. The molecule has 7 nitrogen and oxygen atoms in total. The van der Waals surface area contributed by atoms with E-state index < -0.39 is 0 Å². The van der Waals surface area contributed by atoms with Gasteiger partial charge >= 0.3 is 6.03 Å². The molecule has 1 saturated heterocycles. The Bertz CT molecular complexity index is 871. The highest BCUT2D eigenvalue weighted by Gasteiger charge is 2.19. The third-order valence-electron chi connectivity index (χ3n) is 4.92. The van der Waals surface area contributed by atoms with E-state index in [1.165, 1.54) is 5.57 Å². The molecule has 7 heteroatoms. The zero-order valence-corrected chi connectivity index (χ0v) is 18.5. The van der Waals surface area contributed by atoms with E-state index in [0.717, 1.165) is 24.2 Å². The maximum absolute atomic E-state index is 12.5. The van der Waals surface area contributed by atoms with E-state index in [9.17, 15) is 4.79 Å². The average Bonchev–Trinajstić information content (AvgIpc) is 2.78. The summed E-state index contributed by atoms with van der Waals surface area (Å²) in [6, 6.07) is 11.5. The highest BCUT2D eigenvalue weighted by Crippen LogP contribution is 2.22. The van der Waals surface area contributed by atoms with Crippen molar-refractivity contribution in [3.63, 3.8) is 0 Å². The van der Waals surface area contributed by atoms with Crippen molar-refractivity contribution in [2.24, 2.45) is 0 Å². The monoisotopic (exact) mass is 425 g/mol. The summed E-state index contributed by atoms with van der Waals surface area (Å²) >= 11 is 0. The van der Waals surface area contributed by atoms with Crippen molar-refractivity contribution in [2.45, 2.75) is 32.8 Å². The van der Waals surface area contributed by atoms with Gasteiger partial charge in [0, 0.05) is 19.2 Å². The second-order valence-corrected chi connectivity index (χ2v) is 7.65. The number of methoxy groups -OCH3 is 1. The lowest BCUT2D eigenvalue weighted by Gasteiger charge is -2.28. The molecule has 0 unspecified atom stereocenters. The van der Waals surface area contributed by atoms with Crippen LogP contribution in [-0.4, -0.2) is 55.4 Å². The lowest BCUT2D eigenvalue weighted by atomic mass is 10.0. The number of rotatable bonds is 8. The van der Waals surface area contributed by atoms with Gasteiger partial charge in [0.15, 0.2) is 0 Å². The molecule has 0 radical (unpaired) electrons. The minimum Gasteiger partial charge on any atom is -0.491 e. The van der Waals surface area contributed by atoms with Crippen molar-refractivity contribution in [3.05, 3.63) is 53.7 Å². The van der Waals surface area contributed by atoms with E-state index in [-0.39, 0.29) is 12.1 Å². The number of benzene rings is 1. The van der Waals surface area contributed by atoms with Gasteiger partial charge in [-0.2, -0.15) is 0 Å². The van der Waals surface area contributed by atoms with E-state index in [0.29, 0.717) is 37.9 Å². The zero-order chi connectivity index (χ0) is 22.1. The molecule has 1 aliphatic rings. The van der Waals surface area contributed by atoms with Crippen molar-refractivity contribution in [1.29, 1.82) is 0 Å². The third kappa shape index (κ3) is 7.29. The van der Waals surface area contributed by atoms with Crippen LogP contribution in [0.2, 0.25) is 0 Å². The highest BCUT2D eigenvalue weighted by atomic mass is 16.5. The van der Waals surface area contributed by atoms with Gasteiger partial charge in [-0.3, -0.25) is 0 Å². The van der Waals surface area contributed by atoms with E-state index in [1.807, 2.05) is 36.9 Å². The SMILES string of the molecule is COc1ccc(NC(=O)N2CCC(=Cc3cccc(OCCOC(C)C)c3)CC2)cn1. The number of anilines is 1. The van der Waals surface area contributed by atoms with Crippen LogP contribution < -0.4 is 14.8 Å². The number of hydrogen-bond acceptors (Lipinski definition) is 5. The molecule has 2 amide bonds. The van der Waals surface area contributed by atoms with Gasteiger partial charge in [0.2, 0.25) is 5.88 Å². The van der Waals surface area contributed by atoms with E-state index in [2.05, 4.69) is 22.4 Å². The number of aromatic nitrogens is 1. The minimum absolute atomic E-state index is 0.106. The lowest BCUT2D eigenvalue weighted by molar-refractivity contribution is 0.0552. The van der Waals surface area contributed by atoms with Crippen molar-refractivity contribution >= 4 is 17.8 Å². The fourth-order valence-electron chi connectivity index (χ4n) is 3.29. The standard InChI is InChI=1S/C24H31N3O4/c1-18(2)30-13-14-31-22-6-4-5-20(16-22)15-19-9-11-27(12-10-19)24(28)26-21-7-8-23(29-3)25-17-21/h4-8,15-18H,9-14H2,1-3H3,(H,26,28). The summed E-state index contributed by atoms with van der Waals surface area (Å²) in [4.78, 5) is 18.4. The second kappa shape index (κ2) is 11.4. The van der Waals surface area contributed by atoms with Gasteiger partial charge in [-0.15, -0.1) is 0 Å². The molecule has 0 bridgehead atoms. The second-order valence-electron chi connectivity index (χ2n) is 7.65. The van der Waals surface area contributed by atoms with Gasteiger partial charge in [0.25, 0.3) is 0 Å². The third-order valence-corrected chi connectivity index (χ3v) is 4.92. The van der Waals surface area contributed by atoms with Crippen LogP contribution in [0.5, 0.6) is 11.6 Å². The predicted molar refractivity (Wildman–Crippen MR) is 122 cm³/mol. The van der Waals surface area contributed by atoms with E-state index in [1.54, 1.807) is 25.4 Å². The van der Waals surface area contributed by atoms with E-state index in [4.69, 9.17) is 14.2 Å². The molecular weight excluding hydrogens is 394 g/mol. The number of hydrogen-bond donors (Lipinski definition) is 1. The topological polar surface area (TPSA) is 72.9 Å². The van der Waals surface area contributed by atoms with Crippen LogP contribution in [0.25, 0.3) is 6.08 Å². The Morgan fingerprint density at radius 1 is 1.19 bits per heavy atom. The first-order chi connectivity index (χ1) is 15.0. The van der Waals surface area contributed by atoms with Crippen LogP contribution in [0.15, 0.2) is 48.2 Å². The maximum Gasteiger partial charge on any atom is 0.321 e. The maximum atomic E-state index is 12.5. The molecule has 31 heavy (non-hydrogen) atoms. The van der Waals surface area contributed by atoms with Gasteiger partial charge in [-0.25, -0.2) is 9.78 Å². The van der Waals surface area contributed by atoms with Crippen LogP contribution in [0, 0.1) is 0 Å². The van der Waals surface area contributed by atoms with Gasteiger partial charge in [-0.05, 0) is 50.5 Å². The Morgan fingerprint density at radius 3 is 2.68 bits per heavy atom. The normalized spacial score (nSPS) is 13.8. The van der Waals surface area contributed by atoms with Crippen molar-refractivity contribution in [1.82, 2.24) is 9.88 Å². The summed E-state index contributed by atoms with van der Waals surface area (Å²) in [5, 5.41) is 2.89. The minimum atomic E-state index is -0.106. The first kappa shape index (κ1) is 22.6. The Morgan fingerprint density at radius 2 is 2.00 bits per heavy atom. The smallest absolute Gasteiger partial charge is 0.321 e. The van der Waals surface area contributed by atoms with Crippen LogP contribution in [0.4, 0.5) is 10.5 Å². The number of piperidine rings is 1. The predicted octanol–water partition coefficient (Wildman–Crippen LogP) is 4.61. The molecular formula is C24H31N3O4. The quantitative estimate of drug-likeness (QED) is 0.626. The number of nitrogens with zero attached hydrogens (tertiary/aromatic N) is 2. The fourth-order valence-corrected chi connectivity index (χ4v) is 3.29. The molecule has 0 aliphatic carbocycles. The molecule has 1 N–H and O–H groups in total. The Labute approximate surface area is 184 Å². The lowest BCUT2D eigenvalue weighted by Crippen LogP contribution is -2.39. The summed E-state index contributed by atoms with van der Waals surface area (Å²) in [5.41, 5.74) is 3.10. The van der Waals surface area contributed by atoms with Crippen molar-refractivity contribution in [2.75, 3.05) is 38.7 Å². The number of amides is 2. The molecule has 166 valence electrons. The number of nitrogens with one attached hydrogen (secondary N) is 1. The number of ether oxygens (including phenoxy) is 3. The Balaban J connectivity index is 1.48. The first-order valence-electron chi connectivity index (χ1n) is 10.6.